The summed E-state index contributed by atoms with van der Waals surface area (Å²) in [6.07, 6.45) is -3.51. The van der Waals surface area contributed by atoms with Crippen molar-refractivity contribution in [1.82, 2.24) is 9.97 Å². The molecule has 22 heavy (non-hydrogen) atoms. The van der Waals surface area contributed by atoms with Crippen molar-refractivity contribution in [2.24, 2.45) is 0 Å². The minimum absolute atomic E-state index is 0.0285. The Balaban J connectivity index is 2.01. The highest BCUT2D eigenvalue weighted by Gasteiger charge is 2.32. The molecule has 0 aliphatic heterocycles. The SMILES string of the molecule is O=C(O)c1ccc2nc(-c3ccc(C(F)(F)F)nc3)oc2c1. The summed E-state index contributed by atoms with van der Waals surface area (Å²) >= 11 is 0. The van der Waals surface area contributed by atoms with E-state index < -0.39 is 17.8 Å². The Morgan fingerprint density at radius 1 is 1.18 bits per heavy atom. The lowest BCUT2D eigenvalue weighted by molar-refractivity contribution is -0.141. The van der Waals surface area contributed by atoms with Crippen LogP contribution in [0.3, 0.4) is 0 Å². The third-order valence-electron chi connectivity index (χ3n) is 2.94. The average molecular weight is 308 g/mol. The number of hydrogen-bond acceptors (Lipinski definition) is 4. The van der Waals surface area contributed by atoms with E-state index >= 15 is 0 Å². The van der Waals surface area contributed by atoms with Crippen LogP contribution < -0.4 is 0 Å². The molecule has 8 heteroatoms. The molecule has 3 aromatic rings. The average Bonchev–Trinajstić information content (AvgIpc) is 2.89. The first-order valence-electron chi connectivity index (χ1n) is 6.02. The van der Waals surface area contributed by atoms with Gasteiger partial charge in [0.2, 0.25) is 5.89 Å². The number of pyridine rings is 1. The van der Waals surface area contributed by atoms with Crippen LogP contribution in [0.4, 0.5) is 13.2 Å². The van der Waals surface area contributed by atoms with E-state index in [1.54, 1.807) is 0 Å². The number of aromatic nitrogens is 2. The van der Waals surface area contributed by atoms with Crippen LogP contribution in [0.1, 0.15) is 16.1 Å². The van der Waals surface area contributed by atoms with E-state index in [0.29, 0.717) is 5.52 Å². The van der Waals surface area contributed by atoms with Gasteiger partial charge in [-0.1, -0.05) is 0 Å². The number of fused-ring (bicyclic) bond motifs is 1. The van der Waals surface area contributed by atoms with Crippen molar-refractivity contribution in [2.45, 2.75) is 6.18 Å². The third kappa shape index (κ3) is 2.50. The maximum atomic E-state index is 12.5. The zero-order valence-electron chi connectivity index (χ0n) is 10.8. The summed E-state index contributed by atoms with van der Waals surface area (Å²) in [5, 5.41) is 8.90. The van der Waals surface area contributed by atoms with Gasteiger partial charge in [0, 0.05) is 6.20 Å². The van der Waals surface area contributed by atoms with E-state index in [0.717, 1.165) is 12.3 Å². The quantitative estimate of drug-likeness (QED) is 0.782. The molecule has 0 saturated heterocycles. The molecule has 0 aliphatic rings. The largest absolute Gasteiger partial charge is 0.478 e. The molecule has 0 fully saturated rings. The van der Waals surface area contributed by atoms with E-state index in [1.807, 2.05) is 0 Å². The van der Waals surface area contributed by atoms with Gasteiger partial charge in [-0.15, -0.1) is 0 Å². The second-order valence-corrected chi connectivity index (χ2v) is 4.44. The Bertz CT molecular complexity index is 854. The fourth-order valence-electron chi connectivity index (χ4n) is 1.87. The molecule has 3 rings (SSSR count). The lowest BCUT2D eigenvalue weighted by Gasteiger charge is -2.04. The first-order chi connectivity index (χ1) is 10.3. The highest BCUT2D eigenvalue weighted by Crippen LogP contribution is 2.30. The molecule has 0 saturated carbocycles. The molecular formula is C14H7F3N2O3. The Hall–Kier alpha value is -2.90. The van der Waals surface area contributed by atoms with Gasteiger partial charge in [-0.3, -0.25) is 4.98 Å². The number of halogens is 3. The molecule has 112 valence electrons. The van der Waals surface area contributed by atoms with Crippen molar-refractivity contribution in [3.05, 3.63) is 47.8 Å². The number of nitrogens with zero attached hydrogens (tertiary/aromatic N) is 2. The monoisotopic (exact) mass is 308 g/mol. The van der Waals surface area contributed by atoms with Crippen molar-refractivity contribution >= 4 is 17.1 Å². The normalized spacial score (nSPS) is 11.8. The Kier molecular flexibility index (Phi) is 3.09. The van der Waals surface area contributed by atoms with Crippen LogP contribution in [0.2, 0.25) is 0 Å². The van der Waals surface area contributed by atoms with Crippen molar-refractivity contribution < 1.29 is 27.5 Å². The maximum Gasteiger partial charge on any atom is 0.433 e. The maximum absolute atomic E-state index is 12.5. The number of carboxylic acid groups (broad SMARTS) is 1. The summed E-state index contributed by atoms with van der Waals surface area (Å²) in [5.41, 5.74) is -0.0861. The predicted molar refractivity (Wildman–Crippen MR) is 69.2 cm³/mol. The molecule has 0 spiro atoms. The van der Waals surface area contributed by atoms with Crippen LogP contribution in [0.15, 0.2) is 40.9 Å². The molecule has 1 N–H and O–H groups in total. The van der Waals surface area contributed by atoms with Gasteiger partial charge >= 0.3 is 12.1 Å². The standard InChI is InChI=1S/C14H7F3N2O3/c15-14(16,17)11-4-2-8(6-18-11)12-19-9-3-1-7(13(20)21)5-10(9)22-12/h1-6H,(H,20,21). The number of oxazole rings is 1. The molecular weight excluding hydrogens is 301 g/mol. The number of carboxylic acids is 1. The van der Waals surface area contributed by atoms with Crippen LogP contribution in [0.25, 0.3) is 22.6 Å². The number of aromatic carboxylic acids is 1. The fourth-order valence-corrected chi connectivity index (χ4v) is 1.87. The molecule has 1 aromatic carbocycles. The Morgan fingerprint density at radius 3 is 2.55 bits per heavy atom. The van der Waals surface area contributed by atoms with Crippen molar-refractivity contribution in [3.63, 3.8) is 0 Å². The molecule has 2 aromatic heterocycles. The molecule has 0 bridgehead atoms. The topological polar surface area (TPSA) is 76.2 Å². The number of carbonyl (C=O) groups is 1. The van der Waals surface area contributed by atoms with Crippen LogP contribution in [-0.2, 0) is 6.18 Å². The van der Waals surface area contributed by atoms with Crippen molar-refractivity contribution in [1.29, 1.82) is 0 Å². The summed E-state index contributed by atoms with van der Waals surface area (Å²) in [4.78, 5) is 18.3. The highest BCUT2D eigenvalue weighted by atomic mass is 19.4. The summed E-state index contributed by atoms with van der Waals surface area (Å²) in [5.74, 6) is -1.05. The van der Waals surface area contributed by atoms with E-state index in [1.165, 1.54) is 24.3 Å². The van der Waals surface area contributed by atoms with E-state index in [2.05, 4.69) is 9.97 Å². The molecule has 0 unspecified atom stereocenters. The Morgan fingerprint density at radius 2 is 1.95 bits per heavy atom. The molecule has 0 radical (unpaired) electrons. The van der Waals surface area contributed by atoms with E-state index in [9.17, 15) is 18.0 Å². The van der Waals surface area contributed by atoms with Gasteiger partial charge in [0.25, 0.3) is 0 Å². The first kappa shape index (κ1) is 14.1. The number of hydrogen-bond donors (Lipinski definition) is 1. The zero-order valence-corrected chi connectivity index (χ0v) is 10.8. The van der Waals surface area contributed by atoms with Gasteiger partial charge < -0.3 is 9.52 Å². The van der Waals surface area contributed by atoms with Gasteiger partial charge in [0.05, 0.1) is 11.1 Å². The van der Waals surface area contributed by atoms with Crippen LogP contribution in [0.5, 0.6) is 0 Å². The molecule has 2 heterocycles. The van der Waals surface area contributed by atoms with Crippen molar-refractivity contribution in [2.75, 3.05) is 0 Å². The predicted octanol–water partition coefficient (Wildman–Crippen LogP) is 3.61. The van der Waals surface area contributed by atoms with Crippen LogP contribution in [0, 0.1) is 0 Å². The zero-order chi connectivity index (χ0) is 15.9. The van der Waals surface area contributed by atoms with E-state index in [-0.39, 0.29) is 22.6 Å². The number of rotatable bonds is 2. The second kappa shape index (κ2) is 4.83. The van der Waals surface area contributed by atoms with E-state index in [4.69, 9.17) is 9.52 Å². The summed E-state index contributed by atoms with van der Waals surface area (Å²) in [6, 6.07) is 6.14. The molecule has 0 aliphatic carbocycles. The van der Waals surface area contributed by atoms with Gasteiger partial charge in [0.1, 0.15) is 11.2 Å². The molecule has 0 amide bonds. The minimum atomic E-state index is -4.52. The van der Waals surface area contributed by atoms with Crippen LogP contribution >= 0.6 is 0 Å². The summed E-state index contributed by atoms with van der Waals surface area (Å²) < 4.78 is 42.7. The summed E-state index contributed by atoms with van der Waals surface area (Å²) in [6.45, 7) is 0. The lowest BCUT2D eigenvalue weighted by atomic mass is 10.2. The number of alkyl halides is 3. The summed E-state index contributed by atoms with van der Waals surface area (Å²) in [7, 11) is 0. The molecule has 5 nitrogen and oxygen atoms in total. The minimum Gasteiger partial charge on any atom is -0.478 e. The number of benzene rings is 1. The van der Waals surface area contributed by atoms with Gasteiger partial charge in [-0.2, -0.15) is 13.2 Å². The first-order valence-corrected chi connectivity index (χ1v) is 6.02. The highest BCUT2D eigenvalue weighted by molar-refractivity contribution is 5.92. The van der Waals surface area contributed by atoms with Gasteiger partial charge in [0.15, 0.2) is 5.58 Å². The van der Waals surface area contributed by atoms with Crippen molar-refractivity contribution in [3.8, 4) is 11.5 Å². The van der Waals surface area contributed by atoms with Crippen LogP contribution in [-0.4, -0.2) is 21.0 Å². The Labute approximate surface area is 121 Å². The lowest BCUT2D eigenvalue weighted by Crippen LogP contribution is -2.07. The fraction of sp³-hybridized carbons (Fsp3) is 0.0714. The molecule has 0 atom stereocenters. The second-order valence-electron chi connectivity index (χ2n) is 4.44. The smallest absolute Gasteiger partial charge is 0.433 e. The third-order valence-corrected chi connectivity index (χ3v) is 2.94. The van der Waals surface area contributed by atoms with Gasteiger partial charge in [-0.05, 0) is 30.3 Å². The van der Waals surface area contributed by atoms with Gasteiger partial charge in [-0.25, -0.2) is 9.78 Å².